The first kappa shape index (κ1) is 11.0. The van der Waals surface area contributed by atoms with E-state index >= 15 is 0 Å². The van der Waals surface area contributed by atoms with Crippen LogP contribution in [0, 0.1) is 0 Å². The zero-order valence-electron chi connectivity index (χ0n) is 8.89. The molecule has 2 aromatic rings. The fraction of sp³-hybridized carbons (Fsp3) is 0.167. The predicted molar refractivity (Wildman–Crippen MR) is 64.4 cm³/mol. The Kier molecular flexibility index (Phi) is 3.49. The first-order valence-electron chi connectivity index (χ1n) is 4.99. The molecule has 0 aliphatic rings. The molecule has 0 amide bonds. The molecule has 1 unspecified atom stereocenters. The van der Waals surface area contributed by atoms with E-state index in [2.05, 4.69) is 15.3 Å². The van der Waals surface area contributed by atoms with Crippen LogP contribution < -0.4 is 5.32 Å². The monoisotopic (exact) mass is 233 g/mol. The van der Waals surface area contributed by atoms with Gasteiger partial charge in [0.15, 0.2) is 0 Å². The van der Waals surface area contributed by atoms with Gasteiger partial charge in [-0.3, -0.25) is 0 Å². The maximum atomic E-state index is 6.17. The predicted octanol–water partition coefficient (Wildman–Crippen LogP) is 2.44. The third kappa shape index (κ3) is 2.21. The minimum absolute atomic E-state index is 0.0231. The number of halogens is 1. The van der Waals surface area contributed by atoms with Gasteiger partial charge >= 0.3 is 0 Å². The first-order chi connectivity index (χ1) is 7.83. The molecule has 0 saturated carbocycles. The summed E-state index contributed by atoms with van der Waals surface area (Å²) in [4.78, 5) is 8.03. The average molecular weight is 234 g/mol. The Bertz CT molecular complexity index is 459. The normalized spacial score (nSPS) is 12.4. The minimum atomic E-state index is 0.0231. The largest absolute Gasteiger partial charge is 0.309 e. The van der Waals surface area contributed by atoms with Crippen molar-refractivity contribution in [2.45, 2.75) is 6.04 Å². The van der Waals surface area contributed by atoms with Gasteiger partial charge in [-0.1, -0.05) is 29.8 Å². The van der Waals surface area contributed by atoms with E-state index in [0.717, 1.165) is 16.1 Å². The van der Waals surface area contributed by atoms with Crippen LogP contribution in [0.2, 0.25) is 5.02 Å². The lowest BCUT2D eigenvalue weighted by atomic mass is 10.0. The van der Waals surface area contributed by atoms with Crippen LogP contribution in [-0.2, 0) is 0 Å². The van der Waals surface area contributed by atoms with E-state index in [9.17, 15) is 0 Å². The van der Waals surface area contributed by atoms with Gasteiger partial charge < -0.3 is 5.32 Å². The summed E-state index contributed by atoms with van der Waals surface area (Å²) < 4.78 is 0. The molecule has 1 heterocycles. The van der Waals surface area contributed by atoms with Crippen molar-refractivity contribution in [3.8, 4) is 0 Å². The molecule has 82 valence electrons. The molecule has 1 aromatic carbocycles. The second kappa shape index (κ2) is 5.05. The van der Waals surface area contributed by atoms with Crippen molar-refractivity contribution in [2.75, 3.05) is 7.05 Å². The van der Waals surface area contributed by atoms with Crippen LogP contribution in [0.3, 0.4) is 0 Å². The topological polar surface area (TPSA) is 37.8 Å². The van der Waals surface area contributed by atoms with Gasteiger partial charge in [-0.15, -0.1) is 0 Å². The number of hydrogen-bond acceptors (Lipinski definition) is 3. The van der Waals surface area contributed by atoms with E-state index in [1.807, 2.05) is 31.3 Å². The number of aromatic nitrogens is 2. The molecule has 1 N–H and O–H groups in total. The summed E-state index contributed by atoms with van der Waals surface area (Å²) in [6, 6.07) is 7.78. The Hall–Kier alpha value is -1.45. The first-order valence-corrected chi connectivity index (χ1v) is 5.37. The summed E-state index contributed by atoms with van der Waals surface area (Å²) in [6.45, 7) is 0. The highest BCUT2D eigenvalue weighted by Gasteiger charge is 2.14. The maximum absolute atomic E-state index is 6.17. The third-order valence-corrected chi connectivity index (χ3v) is 2.76. The lowest BCUT2D eigenvalue weighted by Crippen LogP contribution is -2.18. The molecule has 16 heavy (non-hydrogen) atoms. The highest BCUT2D eigenvalue weighted by atomic mass is 35.5. The van der Waals surface area contributed by atoms with Gasteiger partial charge in [-0.05, 0) is 18.7 Å². The zero-order valence-corrected chi connectivity index (χ0v) is 9.65. The van der Waals surface area contributed by atoms with Crippen LogP contribution in [-0.4, -0.2) is 17.0 Å². The van der Waals surface area contributed by atoms with Crippen LogP contribution in [0.25, 0.3) is 0 Å². The third-order valence-electron chi connectivity index (χ3n) is 2.42. The van der Waals surface area contributed by atoms with Crippen molar-refractivity contribution in [3.63, 3.8) is 0 Å². The molecule has 3 nitrogen and oxygen atoms in total. The van der Waals surface area contributed by atoms with Crippen molar-refractivity contribution in [1.82, 2.24) is 15.3 Å². The highest BCUT2D eigenvalue weighted by Crippen LogP contribution is 2.26. The van der Waals surface area contributed by atoms with Crippen LogP contribution in [0.1, 0.15) is 17.2 Å². The number of nitrogens with one attached hydrogen (secondary N) is 1. The Morgan fingerprint density at radius 3 is 2.50 bits per heavy atom. The van der Waals surface area contributed by atoms with E-state index in [1.165, 1.54) is 6.33 Å². The summed E-state index contributed by atoms with van der Waals surface area (Å²) in [5.74, 6) is 0. The standard InChI is InChI=1S/C12H12ClN3/c1-14-12(9-6-15-8-16-7-9)10-4-2-3-5-11(10)13/h2-8,12,14H,1H3. The van der Waals surface area contributed by atoms with E-state index < -0.39 is 0 Å². The van der Waals surface area contributed by atoms with E-state index in [1.54, 1.807) is 12.4 Å². The van der Waals surface area contributed by atoms with Crippen molar-refractivity contribution < 1.29 is 0 Å². The molecule has 0 radical (unpaired) electrons. The van der Waals surface area contributed by atoms with Gasteiger partial charge in [0.05, 0.1) is 6.04 Å². The van der Waals surface area contributed by atoms with Gasteiger partial charge in [0.25, 0.3) is 0 Å². The molecule has 4 heteroatoms. The SMILES string of the molecule is CNC(c1cncnc1)c1ccccc1Cl. The van der Waals surface area contributed by atoms with Crippen molar-refractivity contribution in [3.05, 3.63) is 59.1 Å². The molecule has 0 fully saturated rings. The Balaban J connectivity index is 2.41. The lowest BCUT2D eigenvalue weighted by Gasteiger charge is -2.17. The molecule has 1 atom stereocenters. The summed E-state index contributed by atoms with van der Waals surface area (Å²) in [6.07, 6.45) is 5.10. The molecular weight excluding hydrogens is 222 g/mol. The second-order valence-corrected chi connectivity index (χ2v) is 3.82. The van der Waals surface area contributed by atoms with Gasteiger partial charge in [-0.25, -0.2) is 9.97 Å². The molecule has 0 bridgehead atoms. The molecule has 2 rings (SSSR count). The van der Waals surface area contributed by atoms with Crippen LogP contribution >= 0.6 is 11.6 Å². The average Bonchev–Trinajstić information content (AvgIpc) is 2.34. The molecular formula is C12H12ClN3. The van der Waals surface area contributed by atoms with Crippen molar-refractivity contribution >= 4 is 11.6 Å². The summed E-state index contributed by atoms with van der Waals surface area (Å²) >= 11 is 6.17. The van der Waals surface area contributed by atoms with E-state index in [-0.39, 0.29) is 6.04 Å². The quantitative estimate of drug-likeness (QED) is 0.885. The fourth-order valence-electron chi connectivity index (χ4n) is 1.67. The smallest absolute Gasteiger partial charge is 0.115 e. The maximum Gasteiger partial charge on any atom is 0.115 e. The minimum Gasteiger partial charge on any atom is -0.309 e. The molecule has 0 aliphatic heterocycles. The van der Waals surface area contributed by atoms with Crippen molar-refractivity contribution in [1.29, 1.82) is 0 Å². The van der Waals surface area contributed by atoms with Crippen LogP contribution in [0.15, 0.2) is 43.0 Å². The Morgan fingerprint density at radius 1 is 1.19 bits per heavy atom. The van der Waals surface area contributed by atoms with Crippen LogP contribution in [0.4, 0.5) is 0 Å². The van der Waals surface area contributed by atoms with E-state index in [4.69, 9.17) is 11.6 Å². The van der Waals surface area contributed by atoms with Gasteiger partial charge in [0.1, 0.15) is 6.33 Å². The van der Waals surface area contributed by atoms with Gasteiger partial charge in [0.2, 0.25) is 0 Å². The number of rotatable bonds is 3. The molecule has 0 saturated heterocycles. The summed E-state index contributed by atoms with van der Waals surface area (Å²) in [7, 11) is 1.89. The Labute approximate surface area is 99.5 Å². The summed E-state index contributed by atoms with van der Waals surface area (Å²) in [5, 5.41) is 3.95. The number of hydrogen-bond donors (Lipinski definition) is 1. The van der Waals surface area contributed by atoms with Crippen LogP contribution in [0.5, 0.6) is 0 Å². The second-order valence-electron chi connectivity index (χ2n) is 3.42. The lowest BCUT2D eigenvalue weighted by molar-refractivity contribution is 0.685. The zero-order chi connectivity index (χ0) is 11.4. The van der Waals surface area contributed by atoms with E-state index in [0.29, 0.717) is 0 Å². The summed E-state index contributed by atoms with van der Waals surface area (Å²) in [5.41, 5.74) is 2.03. The van der Waals surface area contributed by atoms with Crippen molar-refractivity contribution in [2.24, 2.45) is 0 Å². The highest BCUT2D eigenvalue weighted by molar-refractivity contribution is 6.31. The number of nitrogens with zero attached hydrogens (tertiary/aromatic N) is 2. The molecule has 0 spiro atoms. The van der Waals surface area contributed by atoms with Gasteiger partial charge in [0, 0.05) is 23.0 Å². The van der Waals surface area contributed by atoms with Gasteiger partial charge in [-0.2, -0.15) is 0 Å². The number of benzene rings is 1. The fourth-order valence-corrected chi connectivity index (χ4v) is 1.92. The molecule has 0 aliphatic carbocycles. The Morgan fingerprint density at radius 2 is 1.88 bits per heavy atom. The molecule has 1 aromatic heterocycles.